The van der Waals surface area contributed by atoms with Gasteiger partial charge in [0.2, 0.25) is 5.91 Å². The lowest BCUT2D eigenvalue weighted by molar-refractivity contribution is -0.121. The SMILES string of the molecule is CC[C@@H](C)[C@@H](NC(=O)Cc1n[nH]c(=O)c2ccccc12)c1nc2ccccc2[nH]1. The number of nitrogens with zero attached hydrogens (tertiary/aromatic N) is 2. The van der Waals surface area contributed by atoms with Crippen LogP contribution in [-0.4, -0.2) is 26.1 Å². The summed E-state index contributed by atoms with van der Waals surface area (Å²) in [6.45, 7) is 4.18. The number of benzene rings is 2. The molecule has 0 aliphatic carbocycles. The maximum atomic E-state index is 12.9. The van der Waals surface area contributed by atoms with Gasteiger partial charge in [-0.1, -0.05) is 50.6 Å². The lowest BCUT2D eigenvalue weighted by atomic mass is 9.98. The number of hydrogen-bond acceptors (Lipinski definition) is 4. The second-order valence-corrected chi connectivity index (χ2v) is 7.29. The van der Waals surface area contributed by atoms with Crippen LogP contribution < -0.4 is 10.9 Å². The first kappa shape index (κ1) is 18.9. The molecular formula is C22H23N5O2. The van der Waals surface area contributed by atoms with Crippen LogP contribution in [-0.2, 0) is 11.2 Å². The average molecular weight is 389 g/mol. The van der Waals surface area contributed by atoms with Gasteiger partial charge in [-0.05, 0) is 24.1 Å². The smallest absolute Gasteiger partial charge is 0.272 e. The molecule has 7 heteroatoms. The molecule has 2 aromatic heterocycles. The molecule has 4 rings (SSSR count). The van der Waals surface area contributed by atoms with E-state index in [0.717, 1.165) is 23.3 Å². The summed E-state index contributed by atoms with van der Waals surface area (Å²) < 4.78 is 0. The zero-order chi connectivity index (χ0) is 20.4. The topological polar surface area (TPSA) is 104 Å². The predicted octanol–water partition coefficient (Wildman–Crippen LogP) is 3.25. The third kappa shape index (κ3) is 3.76. The minimum absolute atomic E-state index is 0.0739. The van der Waals surface area contributed by atoms with Crippen LogP contribution in [0.3, 0.4) is 0 Å². The summed E-state index contributed by atoms with van der Waals surface area (Å²) in [6, 6.07) is 14.7. The zero-order valence-electron chi connectivity index (χ0n) is 16.4. The minimum Gasteiger partial charge on any atom is -0.346 e. The second kappa shape index (κ2) is 7.87. The number of carbonyl (C=O) groups excluding carboxylic acids is 1. The highest BCUT2D eigenvalue weighted by Crippen LogP contribution is 2.25. The summed E-state index contributed by atoms with van der Waals surface area (Å²) in [7, 11) is 0. The number of nitrogens with one attached hydrogen (secondary N) is 3. The molecule has 29 heavy (non-hydrogen) atoms. The van der Waals surface area contributed by atoms with E-state index in [1.165, 1.54) is 0 Å². The van der Waals surface area contributed by atoms with Gasteiger partial charge in [-0.2, -0.15) is 5.10 Å². The summed E-state index contributed by atoms with van der Waals surface area (Å²) in [5, 5.41) is 10.9. The highest BCUT2D eigenvalue weighted by Gasteiger charge is 2.24. The van der Waals surface area contributed by atoms with Crippen molar-refractivity contribution in [1.29, 1.82) is 0 Å². The standard InChI is InChI=1S/C22H23N5O2/c1-3-13(2)20(21-23-16-10-6-7-11-17(16)24-21)25-19(28)12-18-14-8-4-5-9-15(14)22(29)27-26-18/h4-11,13,20H,3,12H2,1-2H3,(H,23,24)(H,25,28)(H,27,29)/t13-,20-/m1/s1. The van der Waals surface area contributed by atoms with E-state index in [2.05, 4.69) is 39.3 Å². The van der Waals surface area contributed by atoms with E-state index in [-0.39, 0.29) is 29.8 Å². The van der Waals surface area contributed by atoms with Crippen molar-refractivity contribution >= 4 is 27.7 Å². The molecule has 2 atom stereocenters. The number of hydrogen-bond donors (Lipinski definition) is 3. The van der Waals surface area contributed by atoms with Crippen LogP contribution in [0.1, 0.15) is 37.8 Å². The Morgan fingerprint density at radius 1 is 1.10 bits per heavy atom. The second-order valence-electron chi connectivity index (χ2n) is 7.29. The molecule has 0 bridgehead atoms. The Morgan fingerprint density at radius 2 is 1.83 bits per heavy atom. The van der Waals surface area contributed by atoms with E-state index in [1.807, 2.05) is 36.4 Å². The molecule has 4 aromatic rings. The molecule has 2 heterocycles. The fraction of sp³-hybridized carbons (Fsp3) is 0.273. The van der Waals surface area contributed by atoms with Crippen molar-refractivity contribution in [2.45, 2.75) is 32.7 Å². The van der Waals surface area contributed by atoms with Crippen molar-refractivity contribution in [3.05, 3.63) is 70.4 Å². The monoisotopic (exact) mass is 389 g/mol. The molecule has 0 spiro atoms. The number of para-hydroxylation sites is 2. The van der Waals surface area contributed by atoms with Gasteiger partial charge in [-0.3, -0.25) is 9.59 Å². The normalized spacial score (nSPS) is 13.4. The highest BCUT2D eigenvalue weighted by molar-refractivity contribution is 5.88. The van der Waals surface area contributed by atoms with E-state index < -0.39 is 0 Å². The lowest BCUT2D eigenvalue weighted by Crippen LogP contribution is -2.34. The Hall–Kier alpha value is -3.48. The van der Waals surface area contributed by atoms with Crippen LogP contribution in [0, 0.1) is 5.92 Å². The van der Waals surface area contributed by atoms with Crippen LogP contribution in [0.4, 0.5) is 0 Å². The van der Waals surface area contributed by atoms with Gasteiger partial charge in [0.05, 0.1) is 34.6 Å². The van der Waals surface area contributed by atoms with E-state index >= 15 is 0 Å². The molecule has 3 N–H and O–H groups in total. The molecule has 0 unspecified atom stereocenters. The number of aromatic nitrogens is 4. The highest BCUT2D eigenvalue weighted by atomic mass is 16.1. The first-order valence-corrected chi connectivity index (χ1v) is 9.77. The van der Waals surface area contributed by atoms with Crippen LogP contribution in [0.25, 0.3) is 21.8 Å². The number of carbonyl (C=O) groups is 1. The summed E-state index contributed by atoms with van der Waals surface area (Å²) in [5.74, 6) is 0.772. The molecule has 1 amide bonds. The molecule has 7 nitrogen and oxygen atoms in total. The van der Waals surface area contributed by atoms with Crippen molar-refractivity contribution in [2.75, 3.05) is 0 Å². The number of fused-ring (bicyclic) bond motifs is 2. The maximum absolute atomic E-state index is 12.9. The van der Waals surface area contributed by atoms with Crippen LogP contribution >= 0.6 is 0 Å². The van der Waals surface area contributed by atoms with Gasteiger partial charge >= 0.3 is 0 Å². The largest absolute Gasteiger partial charge is 0.346 e. The quantitative estimate of drug-likeness (QED) is 0.471. The fourth-order valence-electron chi connectivity index (χ4n) is 3.52. The van der Waals surface area contributed by atoms with Crippen LogP contribution in [0.5, 0.6) is 0 Å². The Bertz CT molecular complexity index is 1190. The molecule has 2 aromatic carbocycles. The Balaban J connectivity index is 1.61. The molecule has 0 saturated heterocycles. The lowest BCUT2D eigenvalue weighted by Gasteiger charge is -2.22. The number of rotatable bonds is 6. The molecule has 0 aliphatic heterocycles. The van der Waals surface area contributed by atoms with Crippen molar-refractivity contribution in [3.8, 4) is 0 Å². The summed E-state index contributed by atoms with van der Waals surface area (Å²) in [4.78, 5) is 32.8. The van der Waals surface area contributed by atoms with Gasteiger partial charge in [0.25, 0.3) is 5.56 Å². The molecule has 0 saturated carbocycles. The number of aromatic amines is 2. The first-order valence-electron chi connectivity index (χ1n) is 9.77. The Labute approximate surface area is 167 Å². The zero-order valence-corrected chi connectivity index (χ0v) is 16.4. The van der Waals surface area contributed by atoms with Crippen molar-refractivity contribution in [3.63, 3.8) is 0 Å². The molecular weight excluding hydrogens is 366 g/mol. The molecule has 0 radical (unpaired) electrons. The van der Waals surface area contributed by atoms with Crippen molar-refractivity contribution in [1.82, 2.24) is 25.5 Å². The van der Waals surface area contributed by atoms with E-state index in [0.29, 0.717) is 16.5 Å². The van der Waals surface area contributed by atoms with E-state index in [9.17, 15) is 9.59 Å². The van der Waals surface area contributed by atoms with Gasteiger partial charge in [-0.25, -0.2) is 10.1 Å². The average Bonchev–Trinajstić information content (AvgIpc) is 3.17. The van der Waals surface area contributed by atoms with Gasteiger partial charge in [0.15, 0.2) is 0 Å². The van der Waals surface area contributed by atoms with Gasteiger partial charge in [0.1, 0.15) is 5.82 Å². The van der Waals surface area contributed by atoms with Crippen LogP contribution in [0.2, 0.25) is 0 Å². The molecule has 0 aliphatic rings. The van der Waals surface area contributed by atoms with Crippen LogP contribution in [0.15, 0.2) is 53.3 Å². The molecule has 0 fully saturated rings. The van der Waals surface area contributed by atoms with Crippen molar-refractivity contribution in [2.24, 2.45) is 5.92 Å². The van der Waals surface area contributed by atoms with E-state index in [4.69, 9.17) is 0 Å². The fourth-order valence-corrected chi connectivity index (χ4v) is 3.52. The summed E-state index contributed by atoms with van der Waals surface area (Å²) >= 11 is 0. The van der Waals surface area contributed by atoms with Gasteiger partial charge in [0, 0.05) is 5.39 Å². The number of imidazole rings is 1. The first-order chi connectivity index (χ1) is 14.1. The minimum atomic E-state index is -0.260. The Kier molecular flexibility index (Phi) is 5.12. The number of amides is 1. The Morgan fingerprint density at radius 3 is 2.59 bits per heavy atom. The number of H-pyrrole nitrogens is 2. The van der Waals surface area contributed by atoms with Gasteiger partial charge < -0.3 is 10.3 Å². The van der Waals surface area contributed by atoms with E-state index in [1.54, 1.807) is 12.1 Å². The maximum Gasteiger partial charge on any atom is 0.272 e. The summed E-state index contributed by atoms with van der Waals surface area (Å²) in [5.41, 5.74) is 2.10. The summed E-state index contributed by atoms with van der Waals surface area (Å²) in [6.07, 6.45) is 0.965. The van der Waals surface area contributed by atoms with Gasteiger partial charge in [-0.15, -0.1) is 0 Å². The van der Waals surface area contributed by atoms with Crippen molar-refractivity contribution < 1.29 is 4.79 Å². The molecule has 148 valence electrons. The predicted molar refractivity (Wildman–Crippen MR) is 113 cm³/mol. The third-order valence-corrected chi connectivity index (χ3v) is 5.33. The third-order valence-electron chi connectivity index (χ3n) is 5.33.